The molecule has 1 heterocycles. The van der Waals surface area contributed by atoms with E-state index in [1.807, 2.05) is 6.07 Å². The number of nitriles is 1. The van der Waals surface area contributed by atoms with Gasteiger partial charge in [0, 0.05) is 6.54 Å². The summed E-state index contributed by atoms with van der Waals surface area (Å²) in [6, 6.07) is 8.20. The molecule has 18 heavy (non-hydrogen) atoms. The number of morpholine rings is 1. The van der Waals surface area contributed by atoms with Crippen LogP contribution >= 0.6 is 0 Å². The highest BCUT2D eigenvalue weighted by molar-refractivity contribution is 7.89. The van der Waals surface area contributed by atoms with E-state index < -0.39 is 16.1 Å². The lowest BCUT2D eigenvalue weighted by Gasteiger charge is -2.29. The summed E-state index contributed by atoms with van der Waals surface area (Å²) in [5.74, 6) is 0. The molecule has 7 heteroatoms. The standard InChI is InChI=1S/C11H13N3O3S/c12-7-9-8-14(5-6-17-9)18(15,16)11-4-2-1-3-10(11)13/h1-4,9H,5-6,8,13H2. The molecule has 1 fully saturated rings. The van der Waals surface area contributed by atoms with Crippen LogP contribution in [0.2, 0.25) is 0 Å². The average molecular weight is 267 g/mol. The third-order valence-corrected chi connectivity index (χ3v) is 4.65. The number of nitrogen functional groups attached to an aromatic ring is 1. The fourth-order valence-electron chi connectivity index (χ4n) is 1.78. The second-order valence-corrected chi connectivity index (χ2v) is 5.80. The highest BCUT2D eigenvalue weighted by Crippen LogP contribution is 2.23. The van der Waals surface area contributed by atoms with E-state index >= 15 is 0 Å². The Labute approximate surface area is 106 Å². The van der Waals surface area contributed by atoms with Gasteiger partial charge < -0.3 is 10.5 Å². The zero-order valence-corrected chi connectivity index (χ0v) is 10.4. The topological polar surface area (TPSA) is 96.4 Å². The summed E-state index contributed by atoms with van der Waals surface area (Å²) in [6.07, 6.45) is -0.724. The Morgan fingerprint density at radius 2 is 2.17 bits per heavy atom. The highest BCUT2D eigenvalue weighted by Gasteiger charge is 2.31. The number of para-hydroxylation sites is 1. The highest BCUT2D eigenvalue weighted by atomic mass is 32.2. The van der Waals surface area contributed by atoms with Crippen LogP contribution in [0.1, 0.15) is 0 Å². The molecule has 0 bridgehead atoms. The van der Waals surface area contributed by atoms with Gasteiger partial charge in [-0.1, -0.05) is 12.1 Å². The largest absolute Gasteiger partial charge is 0.398 e. The van der Waals surface area contributed by atoms with Crippen LogP contribution in [-0.4, -0.2) is 38.5 Å². The molecule has 1 atom stereocenters. The van der Waals surface area contributed by atoms with Gasteiger partial charge in [-0.2, -0.15) is 9.57 Å². The Kier molecular flexibility index (Phi) is 3.52. The molecule has 0 aromatic heterocycles. The van der Waals surface area contributed by atoms with Crippen LogP contribution in [0.5, 0.6) is 0 Å². The Bertz CT molecular complexity index is 579. The lowest BCUT2D eigenvalue weighted by atomic mass is 10.3. The molecule has 1 unspecified atom stereocenters. The Morgan fingerprint density at radius 1 is 1.44 bits per heavy atom. The van der Waals surface area contributed by atoms with Crippen LogP contribution in [0.4, 0.5) is 5.69 Å². The summed E-state index contributed by atoms with van der Waals surface area (Å²) < 4.78 is 31.1. The molecule has 0 spiro atoms. The van der Waals surface area contributed by atoms with E-state index in [0.29, 0.717) is 0 Å². The first-order chi connectivity index (χ1) is 8.55. The van der Waals surface area contributed by atoms with Crippen LogP contribution in [0.25, 0.3) is 0 Å². The summed E-state index contributed by atoms with van der Waals surface area (Å²) in [7, 11) is -3.66. The van der Waals surface area contributed by atoms with E-state index in [1.165, 1.54) is 16.4 Å². The fraction of sp³-hybridized carbons (Fsp3) is 0.364. The average Bonchev–Trinajstić information content (AvgIpc) is 2.39. The maximum Gasteiger partial charge on any atom is 0.245 e. The lowest BCUT2D eigenvalue weighted by molar-refractivity contribution is 0.0311. The second kappa shape index (κ2) is 4.94. The summed E-state index contributed by atoms with van der Waals surface area (Å²) in [4.78, 5) is 0.0728. The minimum absolute atomic E-state index is 0.0349. The van der Waals surface area contributed by atoms with Crippen molar-refractivity contribution in [2.45, 2.75) is 11.0 Å². The van der Waals surface area contributed by atoms with Gasteiger partial charge in [-0.15, -0.1) is 0 Å². The Hall–Kier alpha value is -1.62. The SMILES string of the molecule is N#CC1CN(S(=O)(=O)c2ccccc2N)CCO1. The molecule has 1 aromatic carbocycles. The van der Waals surface area contributed by atoms with Crippen LogP contribution in [0.15, 0.2) is 29.2 Å². The zero-order chi connectivity index (χ0) is 13.2. The minimum Gasteiger partial charge on any atom is -0.398 e. The van der Waals surface area contributed by atoms with Crippen molar-refractivity contribution in [2.24, 2.45) is 0 Å². The smallest absolute Gasteiger partial charge is 0.245 e. The predicted octanol–water partition coefficient (Wildman–Crippen LogP) is 0.182. The first kappa shape index (κ1) is 12.8. The number of hydrogen-bond donors (Lipinski definition) is 1. The van der Waals surface area contributed by atoms with Gasteiger partial charge in [0.2, 0.25) is 10.0 Å². The van der Waals surface area contributed by atoms with Crippen molar-refractivity contribution >= 4 is 15.7 Å². The molecule has 1 aliphatic heterocycles. The molecule has 6 nitrogen and oxygen atoms in total. The van der Waals surface area contributed by atoms with E-state index in [0.717, 1.165) is 0 Å². The van der Waals surface area contributed by atoms with E-state index in [9.17, 15) is 8.42 Å². The van der Waals surface area contributed by atoms with Gasteiger partial charge in [-0.25, -0.2) is 8.42 Å². The quantitative estimate of drug-likeness (QED) is 0.771. The molecule has 0 amide bonds. The number of benzene rings is 1. The Balaban J connectivity index is 2.32. The Morgan fingerprint density at radius 3 is 2.83 bits per heavy atom. The zero-order valence-electron chi connectivity index (χ0n) is 9.61. The van der Waals surface area contributed by atoms with Crippen molar-refractivity contribution in [2.75, 3.05) is 25.4 Å². The fourth-order valence-corrected chi connectivity index (χ4v) is 3.32. The van der Waals surface area contributed by atoms with E-state index in [2.05, 4.69) is 0 Å². The summed E-state index contributed by atoms with van der Waals surface area (Å²) in [6.45, 7) is 0.478. The maximum atomic E-state index is 12.4. The molecule has 1 aliphatic rings. The maximum absolute atomic E-state index is 12.4. The molecular weight excluding hydrogens is 254 g/mol. The first-order valence-corrected chi connectivity index (χ1v) is 6.85. The molecule has 2 N–H and O–H groups in total. The molecule has 1 saturated heterocycles. The number of rotatable bonds is 2. The minimum atomic E-state index is -3.66. The molecule has 0 saturated carbocycles. The molecular formula is C11H13N3O3S. The molecule has 0 radical (unpaired) electrons. The summed E-state index contributed by atoms with van der Waals surface area (Å²) in [5.41, 5.74) is 5.88. The van der Waals surface area contributed by atoms with Gasteiger partial charge in [-0.05, 0) is 12.1 Å². The van der Waals surface area contributed by atoms with Crippen LogP contribution in [0.3, 0.4) is 0 Å². The van der Waals surface area contributed by atoms with E-state index in [1.54, 1.807) is 12.1 Å². The number of ether oxygens (including phenoxy) is 1. The summed E-state index contributed by atoms with van der Waals surface area (Å²) in [5, 5.41) is 8.78. The van der Waals surface area contributed by atoms with Crippen molar-refractivity contribution < 1.29 is 13.2 Å². The monoisotopic (exact) mass is 267 g/mol. The van der Waals surface area contributed by atoms with Gasteiger partial charge in [0.1, 0.15) is 4.90 Å². The third kappa shape index (κ3) is 2.31. The number of sulfonamides is 1. The predicted molar refractivity (Wildman–Crippen MR) is 65.0 cm³/mol. The first-order valence-electron chi connectivity index (χ1n) is 5.41. The van der Waals surface area contributed by atoms with Gasteiger partial charge in [0.15, 0.2) is 6.10 Å². The molecule has 1 aromatic rings. The van der Waals surface area contributed by atoms with Gasteiger partial charge >= 0.3 is 0 Å². The molecule has 96 valence electrons. The second-order valence-electron chi connectivity index (χ2n) is 3.89. The van der Waals surface area contributed by atoms with Crippen molar-refractivity contribution in [3.05, 3.63) is 24.3 Å². The van der Waals surface area contributed by atoms with Crippen molar-refractivity contribution in [3.8, 4) is 6.07 Å². The van der Waals surface area contributed by atoms with Gasteiger partial charge in [0.05, 0.1) is 24.9 Å². The van der Waals surface area contributed by atoms with Crippen LogP contribution < -0.4 is 5.73 Å². The molecule has 0 aliphatic carbocycles. The van der Waals surface area contributed by atoms with Crippen molar-refractivity contribution in [1.29, 1.82) is 5.26 Å². The lowest BCUT2D eigenvalue weighted by Crippen LogP contribution is -2.45. The van der Waals surface area contributed by atoms with Crippen molar-refractivity contribution in [3.63, 3.8) is 0 Å². The third-order valence-electron chi connectivity index (χ3n) is 2.71. The van der Waals surface area contributed by atoms with Crippen LogP contribution in [-0.2, 0) is 14.8 Å². The van der Waals surface area contributed by atoms with Crippen molar-refractivity contribution in [1.82, 2.24) is 4.31 Å². The number of nitrogens with two attached hydrogens (primary N) is 1. The summed E-state index contributed by atoms with van der Waals surface area (Å²) >= 11 is 0. The van der Waals surface area contributed by atoms with E-state index in [-0.39, 0.29) is 30.3 Å². The number of hydrogen-bond acceptors (Lipinski definition) is 5. The van der Waals surface area contributed by atoms with Crippen LogP contribution in [0, 0.1) is 11.3 Å². The molecule has 2 rings (SSSR count). The van der Waals surface area contributed by atoms with Gasteiger partial charge in [-0.3, -0.25) is 0 Å². The van der Waals surface area contributed by atoms with E-state index in [4.69, 9.17) is 15.7 Å². The van der Waals surface area contributed by atoms with Gasteiger partial charge in [0.25, 0.3) is 0 Å². The normalized spacial score (nSPS) is 21.4. The number of anilines is 1. The number of nitrogens with zero attached hydrogens (tertiary/aromatic N) is 2.